The number of hydrogen-bond acceptors (Lipinski definition) is 4. The number of esters is 1. The van der Waals surface area contributed by atoms with Crippen LogP contribution in [0.2, 0.25) is 0 Å². The van der Waals surface area contributed by atoms with Crippen LogP contribution in [0.3, 0.4) is 0 Å². The first kappa shape index (κ1) is 11.3. The lowest BCUT2D eigenvalue weighted by atomic mass is 10.2. The summed E-state index contributed by atoms with van der Waals surface area (Å²) in [6, 6.07) is 3.49. The highest BCUT2D eigenvalue weighted by Gasteiger charge is 2.21. The highest BCUT2D eigenvalue weighted by Crippen LogP contribution is 2.22. The Bertz CT molecular complexity index is 587. The number of aryl methyl sites for hydroxylation is 1. The minimum atomic E-state index is -0.505. The van der Waals surface area contributed by atoms with Crippen LogP contribution in [0.4, 0.5) is 0 Å². The van der Waals surface area contributed by atoms with E-state index in [1.54, 1.807) is 36.9 Å². The Hall–Kier alpha value is -2.17. The van der Waals surface area contributed by atoms with Crippen LogP contribution in [0.5, 0.6) is 0 Å². The van der Waals surface area contributed by atoms with Gasteiger partial charge in [0.15, 0.2) is 6.29 Å². The van der Waals surface area contributed by atoms with E-state index in [1.165, 1.54) is 0 Å². The molecular formula is C12H12N2O3. The normalized spacial score (nSPS) is 10.5. The molecule has 0 saturated heterocycles. The Morgan fingerprint density at radius 3 is 3.00 bits per heavy atom. The van der Waals surface area contributed by atoms with Gasteiger partial charge in [-0.25, -0.2) is 9.78 Å². The fourth-order valence-electron chi connectivity index (χ4n) is 1.85. The van der Waals surface area contributed by atoms with Crippen molar-refractivity contribution in [1.29, 1.82) is 0 Å². The molecule has 5 nitrogen and oxygen atoms in total. The summed E-state index contributed by atoms with van der Waals surface area (Å²) in [5.41, 5.74) is 1.17. The van der Waals surface area contributed by atoms with Crippen LogP contribution < -0.4 is 0 Å². The van der Waals surface area contributed by atoms with Gasteiger partial charge in [-0.3, -0.25) is 4.79 Å². The van der Waals surface area contributed by atoms with E-state index in [-0.39, 0.29) is 12.3 Å². The zero-order valence-electron chi connectivity index (χ0n) is 9.64. The number of nitrogens with zero attached hydrogens (tertiary/aromatic N) is 2. The second-order valence-electron chi connectivity index (χ2n) is 3.53. The maximum absolute atomic E-state index is 11.8. The van der Waals surface area contributed by atoms with E-state index in [0.29, 0.717) is 22.9 Å². The summed E-state index contributed by atoms with van der Waals surface area (Å²) < 4.78 is 6.51. The highest BCUT2D eigenvalue weighted by molar-refractivity contribution is 6.07. The fourth-order valence-corrected chi connectivity index (χ4v) is 1.85. The number of rotatable bonds is 3. The first-order valence-electron chi connectivity index (χ1n) is 5.26. The predicted octanol–water partition coefficient (Wildman–Crippen LogP) is 1.56. The second-order valence-corrected chi connectivity index (χ2v) is 3.53. The molecule has 5 heteroatoms. The molecule has 0 radical (unpaired) electrons. The van der Waals surface area contributed by atoms with E-state index in [9.17, 15) is 9.59 Å². The molecule has 0 saturated carbocycles. The topological polar surface area (TPSA) is 61.2 Å². The van der Waals surface area contributed by atoms with Crippen LogP contribution in [0.15, 0.2) is 18.3 Å². The maximum Gasteiger partial charge on any atom is 0.355 e. The van der Waals surface area contributed by atoms with E-state index >= 15 is 0 Å². The average molecular weight is 232 g/mol. The summed E-state index contributed by atoms with van der Waals surface area (Å²) in [6.45, 7) is 1.99. The van der Waals surface area contributed by atoms with E-state index in [0.717, 1.165) is 0 Å². The summed E-state index contributed by atoms with van der Waals surface area (Å²) in [6.07, 6.45) is 2.28. The molecule has 17 heavy (non-hydrogen) atoms. The van der Waals surface area contributed by atoms with Crippen molar-refractivity contribution in [3.8, 4) is 0 Å². The zero-order chi connectivity index (χ0) is 12.4. The first-order chi connectivity index (χ1) is 8.20. The van der Waals surface area contributed by atoms with E-state index in [2.05, 4.69) is 4.98 Å². The van der Waals surface area contributed by atoms with Gasteiger partial charge in [0.1, 0.15) is 11.3 Å². The lowest BCUT2D eigenvalue weighted by Crippen LogP contribution is -2.12. The van der Waals surface area contributed by atoms with Crippen LogP contribution in [0, 0.1) is 0 Å². The Morgan fingerprint density at radius 1 is 1.59 bits per heavy atom. The SMILES string of the molecule is CCOC(=O)c1c(C=O)c2cccnc2n1C. The number of hydrogen-bond donors (Lipinski definition) is 0. The number of carbonyl (C=O) groups excluding carboxylic acids is 2. The molecule has 0 aromatic carbocycles. The van der Waals surface area contributed by atoms with Gasteiger partial charge < -0.3 is 9.30 Å². The quantitative estimate of drug-likeness (QED) is 0.595. The Morgan fingerprint density at radius 2 is 2.35 bits per heavy atom. The van der Waals surface area contributed by atoms with Gasteiger partial charge in [0.2, 0.25) is 0 Å². The van der Waals surface area contributed by atoms with Crippen molar-refractivity contribution in [2.45, 2.75) is 6.92 Å². The third-order valence-electron chi connectivity index (χ3n) is 2.57. The Balaban J connectivity index is 2.73. The summed E-state index contributed by atoms with van der Waals surface area (Å²) in [4.78, 5) is 27.0. The minimum Gasteiger partial charge on any atom is -0.461 e. The van der Waals surface area contributed by atoms with Gasteiger partial charge in [0, 0.05) is 18.6 Å². The molecule has 0 N–H and O–H groups in total. The smallest absolute Gasteiger partial charge is 0.355 e. The van der Waals surface area contributed by atoms with E-state index < -0.39 is 5.97 Å². The van der Waals surface area contributed by atoms with Gasteiger partial charge in [-0.15, -0.1) is 0 Å². The number of fused-ring (bicyclic) bond motifs is 1. The summed E-state index contributed by atoms with van der Waals surface area (Å²) in [5.74, 6) is -0.505. The average Bonchev–Trinajstić information content (AvgIpc) is 2.63. The number of ether oxygens (including phenoxy) is 1. The predicted molar refractivity (Wildman–Crippen MR) is 62.1 cm³/mol. The van der Waals surface area contributed by atoms with Crippen LogP contribution >= 0.6 is 0 Å². The molecule has 0 atom stereocenters. The number of pyridine rings is 1. The Labute approximate surface area is 98.0 Å². The Kier molecular flexibility index (Phi) is 2.91. The highest BCUT2D eigenvalue weighted by atomic mass is 16.5. The molecule has 88 valence electrons. The minimum absolute atomic E-state index is 0.246. The lowest BCUT2D eigenvalue weighted by Gasteiger charge is -2.03. The van der Waals surface area contributed by atoms with Crippen LogP contribution in [-0.2, 0) is 11.8 Å². The number of aldehydes is 1. The molecule has 2 rings (SSSR count). The standard InChI is InChI=1S/C12H12N2O3/c1-3-17-12(16)10-9(7-15)8-5-4-6-13-11(8)14(10)2/h4-7H,3H2,1-2H3. The monoisotopic (exact) mass is 232 g/mol. The fraction of sp³-hybridized carbons (Fsp3) is 0.250. The van der Waals surface area contributed by atoms with Crippen LogP contribution in [-0.4, -0.2) is 28.4 Å². The molecule has 0 aliphatic heterocycles. The molecule has 0 bridgehead atoms. The van der Waals surface area contributed by atoms with Gasteiger partial charge in [0.05, 0.1) is 12.2 Å². The first-order valence-corrected chi connectivity index (χ1v) is 5.26. The number of aromatic nitrogens is 2. The van der Waals surface area contributed by atoms with Crippen molar-refractivity contribution in [2.75, 3.05) is 6.61 Å². The third kappa shape index (κ3) is 1.69. The van der Waals surface area contributed by atoms with Crippen molar-refractivity contribution >= 4 is 23.3 Å². The van der Waals surface area contributed by atoms with Crippen molar-refractivity contribution in [1.82, 2.24) is 9.55 Å². The van der Waals surface area contributed by atoms with Gasteiger partial charge in [-0.2, -0.15) is 0 Å². The molecule has 0 spiro atoms. The van der Waals surface area contributed by atoms with Gasteiger partial charge >= 0.3 is 5.97 Å². The summed E-state index contributed by atoms with van der Waals surface area (Å²) >= 11 is 0. The van der Waals surface area contributed by atoms with Crippen molar-refractivity contribution in [2.24, 2.45) is 7.05 Å². The van der Waals surface area contributed by atoms with Crippen molar-refractivity contribution in [3.05, 3.63) is 29.6 Å². The molecule has 0 unspecified atom stereocenters. The number of carbonyl (C=O) groups is 2. The molecule has 0 aliphatic rings. The molecule has 0 amide bonds. The molecule has 0 fully saturated rings. The lowest BCUT2D eigenvalue weighted by molar-refractivity contribution is 0.0513. The molecule has 2 heterocycles. The van der Waals surface area contributed by atoms with Gasteiger partial charge in [-0.1, -0.05) is 0 Å². The molecule has 0 aliphatic carbocycles. The van der Waals surface area contributed by atoms with E-state index in [4.69, 9.17) is 4.74 Å². The van der Waals surface area contributed by atoms with Gasteiger partial charge in [0.25, 0.3) is 0 Å². The molecular weight excluding hydrogens is 220 g/mol. The summed E-state index contributed by atoms with van der Waals surface area (Å²) in [7, 11) is 1.69. The largest absolute Gasteiger partial charge is 0.461 e. The van der Waals surface area contributed by atoms with E-state index in [1.807, 2.05) is 0 Å². The molecule has 2 aromatic rings. The summed E-state index contributed by atoms with van der Waals surface area (Å²) in [5, 5.41) is 0.660. The maximum atomic E-state index is 11.8. The van der Waals surface area contributed by atoms with Crippen molar-refractivity contribution < 1.29 is 14.3 Å². The second kappa shape index (κ2) is 4.37. The molecule has 2 aromatic heterocycles. The third-order valence-corrected chi connectivity index (χ3v) is 2.57. The van der Waals surface area contributed by atoms with Crippen LogP contribution in [0.1, 0.15) is 27.8 Å². The van der Waals surface area contributed by atoms with Crippen LogP contribution in [0.25, 0.3) is 11.0 Å². The van der Waals surface area contributed by atoms with Crippen molar-refractivity contribution in [3.63, 3.8) is 0 Å². The zero-order valence-corrected chi connectivity index (χ0v) is 9.64. The van der Waals surface area contributed by atoms with Gasteiger partial charge in [-0.05, 0) is 19.1 Å².